The van der Waals surface area contributed by atoms with Crippen molar-refractivity contribution < 1.29 is 9.18 Å². The molecule has 5 atom stereocenters. The van der Waals surface area contributed by atoms with Gasteiger partial charge in [-0.05, 0) is 84.4 Å². The lowest BCUT2D eigenvalue weighted by Crippen LogP contribution is -2.35. The smallest absolute Gasteiger partial charge is 0.255 e. The van der Waals surface area contributed by atoms with E-state index in [1.165, 1.54) is 36.5 Å². The molecular weight excluding hydrogens is 387 g/mol. The average Bonchev–Trinajstić information content (AvgIpc) is 3.43. The number of benzene rings is 3. The van der Waals surface area contributed by atoms with E-state index >= 15 is 0 Å². The Morgan fingerprint density at radius 1 is 0.935 bits per heavy atom. The van der Waals surface area contributed by atoms with Crippen LogP contribution in [0.4, 0.5) is 15.8 Å². The Kier molecular flexibility index (Phi) is 4.34. The summed E-state index contributed by atoms with van der Waals surface area (Å²) < 4.78 is 14.0. The number of hydrogen-bond acceptors (Lipinski definition) is 2. The minimum absolute atomic E-state index is 0.213. The summed E-state index contributed by atoms with van der Waals surface area (Å²) in [5.74, 6) is 1.76. The van der Waals surface area contributed by atoms with Crippen molar-refractivity contribution in [3.8, 4) is 0 Å². The Hall–Kier alpha value is -3.14. The number of para-hydroxylation sites is 1. The number of carbonyl (C=O) groups is 1. The molecule has 156 valence electrons. The van der Waals surface area contributed by atoms with Crippen molar-refractivity contribution >= 4 is 17.3 Å². The van der Waals surface area contributed by atoms with E-state index in [-0.39, 0.29) is 11.6 Å². The minimum Gasteiger partial charge on any atom is -0.378 e. The number of fused-ring (bicyclic) bond motifs is 7. The van der Waals surface area contributed by atoms with Crippen molar-refractivity contribution in [1.29, 1.82) is 0 Å². The first-order chi connectivity index (χ1) is 15.2. The lowest BCUT2D eigenvalue weighted by Gasteiger charge is -2.43. The van der Waals surface area contributed by atoms with E-state index in [4.69, 9.17) is 0 Å². The SMILES string of the molecule is O=C(Nc1ccccc1F)c1ccc2c(c1)[C@H]1[C@@H]3CC[C@H](C3)[C@H]1[C@@H](c1ccccc1)N2. The first-order valence-corrected chi connectivity index (χ1v) is 11.2. The molecule has 31 heavy (non-hydrogen) atoms. The molecule has 2 bridgehead atoms. The molecule has 2 saturated carbocycles. The Bertz CT molecular complexity index is 1140. The zero-order chi connectivity index (χ0) is 20.9. The molecule has 6 rings (SSSR count). The Labute approximate surface area is 181 Å². The molecule has 3 nitrogen and oxygen atoms in total. The normalized spacial score (nSPS) is 27.8. The van der Waals surface area contributed by atoms with Crippen LogP contribution in [0, 0.1) is 23.6 Å². The quantitative estimate of drug-likeness (QED) is 0.524. The van der Waals surface area contributed by atoms with E-state index in [0.717, 1.165) is 11.6 Å². The maximum absolute atomic E-state index is 14.0. The van der Waals surface area contributed by atoms with Gasteiger partial charge in [0.15, 0.2) is 0 Å². The van der Waals surface area contributed by atoms with Crippen LogP contribution in [0.5, 0.6) is 0 Å². The topological polar surface area (TPSA) is 41.1 Å². The predicted octanol–water partition coefficient (Wildman–Crippen LogP) is 6.37. The number of amides is 1. The summed E-state index contributed by atoms with van der Waals surface area (Å²) in [5.41, 5.74) is 4.53. The van der Waals surface area contributed by atoms with Crippen molar-refractivity contribution in [1.82, 2.24) is 0 Å². The summed E-state index contributed by atoms with van der Waals surface area (Å²) in [7, 11) is 0. The van der Waals surface area contributed by atoms with Crippen LogP contribution in [0.1, 0.15) is 52.7 Å². The molecule has 0 saturated heterocycles. The average molecular weight is 413 g/mol. The molecule has 0 radical (unpaired) electrons. The standard InChI is InChI=1S/C27H25FN2O/c28-21-8-4-5-9-23(21)30-27(31)19-12-13-22-20(15-19)24-17-10-11-18(14-17)25(24)26(29-22)16-6-2-1-3-7-16/h1-9,12-13,15,17-18,24-26,29H,10-11,14H2,(H,30,31)/t17-,18-,24-,25-,26-/m1/s1. The fourth-order valence-electron chi connectivity index (χ4n) is 6.37. The molecule has 3 aromatic carbocycles. The third-order valence-corrected chi connectivity index (χ3v) is 7.63. The number of rotatable bonds is 3. The zero-order valence-corrected chi connectivity index (χ0v) is 17.2. The van der Waals surface area contributed by atoms with E-state index in [1.54, 1.807) is 18.2 Å². The van der Waals surface area contributed by atoms with Crippen molar-refractivity contribution in [3.05, 3.63) is 95.3 Å². The van der Waals surface area contributed by atoms with E-state index < -0.39 is 5.82 Å². The maximum atomic E-state index is 14.0. The van der Waals surface area contributed by atoms with Gasteiger partial charge in [-0.3, -0.25) is 4.79 Å². The highest BCUT2D eigenvalue weighted by atomic mass is 19.1. The highest BCUT2D eigenvalue weighted by Gasteiger charge is 2.53. The van der Waals surface area contributed by atoms with Gasteiger partial charge in [0.1, 0.15) is 5.82 Å². The number of halogens is 1. The number of carbonyl (C=O) groups excluding carboxylic acids is 1. The van der Waals surface area contributed by atoms with Crippen LogP contribution in [-0.4, -0.2) is 5.91 Å². The molecule has 2 N–H and O–H groups in total. The number of nitrogens with one attached hydrogen (secondary N) is 2. The van der Waals surface area contributed by atoms with E-state index in [0.29, 0.717) is 29.4 Å². The molecule has 4 heteroatoms. The van der Waals surface area contributed by atoms with Gasteiger partial charge in [-0.2, -0.15) is 0 Å². The lowest BCUT2D eigenvalue weighted by atomic mass is 9.68. The van der Waals surface area contributed by atoms with Gasteiger partial charge in [0.2, 0.25) is 0 Å². The molecule has 1 heterocycles. The first-order valence-electron chi connectivity index (χ1n) is 11.2. The molecular formula is C27H25FN2O. The molecule has 3 aliphatic rings. The maximum Gasteiger partial charge on any atom is 0.255 e. The van der Waals surface area contributed by atoms with Crippen molar-refractivity contribution in [2.75, 3.05) is 10.6 Å². The second kappa shape index (κ2) is 7.23. The minimum atomic E-state index is -0.422. The van der Waals surface area contributed by atoms with Crippen molar-refractivity contribution in [3.63, 3.8) is 0 Å². The van der Waals surface area contributed by atoms with Crippen LogP contribution in [0.25, 0.3) is 0 Å². The van der Waals surface area contributed by atoms with Crippen molar-refractivity contribution in [2.45, 2.75) is 31.2 Å². The summed E-state index contributed by atoms with van der Waals surface area (Å²) in [4.78, 5) is 12.9. The van der Waals surface area contributed by atoms with Crippen LogP contribution < -0.4 is 10.6 Å². The monoisotopic (exact) mass is 412 g/mol. The molecule has 2 aliphatic carbocycles. The Balaban J connectivity index is 1.36. The lowest BCUT2D eigenvalue weighted by molar-refractivity contribution is 0.102. The van der Waals surface area contributed by atoms with Gasteiger partial charge in [-0.15, -0.1) is 0 Å². The van der Waals surface area contributed by atoms with Gasteiger partial charge >= 0.3 is 0 Å². The molecule has 3 aromatic rings. The summed E-state index contributed by atoms with van der Waals surface area (Å²) >= 11 is 0. The Morgan fingerprint density at radius 3 is 2.55 bits per heavy atom. The van der Waals surface area contributed by atoms with Crippen LogP contribution >= 0.6 is 0 Å². The molecule has 1 amide bonds. The van der Waals surface area contributed by atoms with Crippen LogP contribution in [0.15, 0.2) is 72.8 Å². The van der Waals surface area contributed by atoms with Crippen LogP contribution in [-0.2, 0) is 0 Å². The molecule has 0 unspecified atom stereocenters. The fourth-order valence-corrected chi connectivity index (χ4v) is 6.37. The van der Waals surface area contributed by atoms with E-state index in [2.05, 4.69) is 41.0 Å². The van der Waals surface area contributed by atoms with Gasteiger partial charge in [0.25, 0.3) is 5.91 Å². The van der Waals surface area contributed by atoms with Gasteiger partial charge in [-0.25, -0.2) is 4.39 Å². The van der Waals surface area contributed by atoms with Crippen LogP contribution in [0.2, 0.25) is 0 Å². The van der Waals surface area contributed by atoms with Gasteiger partial charge in [-0.1, -0.05) is 42.5 Å². The van der Waals surface area contributed by atoms with Gasteiger partial charge in [0.05, 0.1) is 11.7 Å². The summed E-state index contributed by atoms with van der Waals surface area (Å²) in [6, 6.07) is 23.3. The zero-order valence-electron chi connectivity index (χ0n) is 17.2. The predicted molar refractivity (Wildman–Crippen MR) is 121 cm³/mol. The molecule has 0 spiro atoms. The molecule has 1 aliphatic heterocycles. The highest BCUT2D eigenvalue weighted by Crippen LogP contribution is 2.63. The molecule has 2 fully saturated rings. The largest absolute Gasteiger partial charge is 0.378 e. The third-order valence-electron chi connectivity index (χ3n) is 7.63. The summed E-state index contributed by atoms with van der Waals surface area (Å²) in [5, 5.41) is 6.53. The van der Waals surface area contributed by atoms with Gasteiger partial charge < -0.3 is 10.6 Å². The second-order valence-corrected chi connectivity index (χ2v) is 9.21. The summed E-state index contributed by atoms with van der Waals surface area (Å²) in [6.07, 6.45) is 3.86. The summed E-state index contributed by atoms with van der Waals surface area (Å²) in [6.45, 7) is 0. The van der Waals surface area contributed by atoms with Gasteiger partial charge in [0, 0.05) is 11.3 Å². The highest BCUT2D eigenvalue weighted by molar-refractivity contribution is 6.04. The van der Waals surface area contributed by atoms with E-state index in [1.807, 2.05) is 18.2 Å². The number of anilines is 2. The van der Waals surface area contributed by atoms with Crippen LogP contribution in [0.3, 0.4) is 0 Å². The third kappa shape index (κ3) is 3.04. The number of hydrogen-bond donors (Lipinski definition) is 2. The second-order valence-electron chi connectivity index (χ2n) is 9.21. The Morgan fingerprint density at radius 2 is 1.71 bits per heavy atom. The molecule has 0 aromatic heterocycles. The first kappa shape index (κ1) is 18.6. The van der Waals surface area contributed by atoms with Crippen molar-refractivity contribution in [2.24, 2.45) is 17.8 Å². The van der Waals surface area contributed by atoms with E-state index in [9.17, 15) is 9.18 Å². The fraction of sp³-hybridized carbons (Fsp3) is 0.296.